The molecule has 4 aromatic rings. The first-order chi connectivity index (χ1) is 20.5. The average Bonchev–Trinajstić information content (AvgIpc) is 3.02. The molecule has 10 heteroatoms. The van der Waals surface area contributed by atoms with E-state index in [9.17, 15) is 4.79 Å². The van der Waals surface area contributed by atoms with Crippen LogP contribution in [0.2, 0.25) is 0 Å². The van der Waals surface area contributed by atoms with Gasteiger partial charge in [-0.25, -0.2) is 0 Å². The molecule has 0 spiro atoms. The number of hydrogen-bond donors (Lipinski definition) is 1. The minimum atomic E-state index is -0.307. The summed E-state index contributed by atoms with van der Waals surface area (Å²) in [7, 11) is 1.60. The molecule has 218 valence electrons. The Morgan fingerprint density at radius 3 is 2.24 bits per heavy atom. The summed E-state index contributed by atoms with van der Waals surface area (Å²) in [6.45, 7) is 9.31. The second-order valence-electron chi connectivity index (χ2n) is 9.86. The lowest BCUT2D eigenvalue weighted by Crippen LogP contribution is -2.46. The van der Waals surface area contributed by atoms with Crippen molar-refractivity contribution < 1.29 is 19.0 Å². The van der Waals surface area contributed by atoms with Crippen molar-refractivity contribution in [2.24, 2.45) is 0 Å². The smallest absolute Gasteiger partial charge is 0.276 e. The summed E-state index contributed by atoms with van der Waals surface area (Å²) in [6, 6.07) is 19.1. The quantitative estimate of drug-likeness (QED) is 0.270. The van der Waals surface area contributed by atoms with Crippen LogP contribution in [0.15, 0.2) is 73.1 Å². The Kier molecular flexibility index (Phi) is 9.45. The Morgan fingerprint density at radius 1 is 0.810 bits per heavy atom. The van der Waals surface area contributed by atoms with Crippen LogP contribution in [0.1, 0.15) is 29.9 Å². The first-order valence-electron chi connectivity index (χ1n) is 14.2. The highest BCUT2D eigenvalue weighted by Gasteiger charge is 2.20. The predicted molar refractivity (Wildman–Crippen MR) is 162 cm³/mol. The van der Waals surface area contributed by atoms with E-state index in [2.05, 4.69) is 48.5 Å². The number of piperazine rings is 1. The Bertz CT molecular complexity index is 1470. The molecular weight excluding hydrogens is 532 g/mol. The maximum atomic E-state index is 12.6. The van der Waals surface area contributed by atoms with E-state index in [0.717, 1.165) is 66.9 Å². The molecule has 0 bridgehead atoms. The van der Waals surface area contributed by atoms with Crippen molar-refractivity contribution in [2.75, 3.05) is 56.7 Å². The van der Waals surface area contributed by atoms with E-state index in [4.69, 9.17) is 14.2 Å². The van der Waals surface area contributed by atoms with Crippen LogP contribution in [-0.2, 0) is 6.54 Å². The Balaban J connectivity index is 1.19. The minimum absolute atomic E-state index is 0.264. The number of anilines is 2. The third-order valence-corrected chi connectivity index (χ3v) is 6.97. The van der Waals surface area contributed by atoms with E-state index in [0.29, 0.717) is 18.9 Å². The van der Waals surface area contributed by atoms with Crippen LogP contribution >= 0.6 is 0 Å². The molecule has 1 amide bonds. The molecule has 0 aliphatic carbocycles. The number of hydrogen-bond acceptors (Lipinski definition) is 9. The van der Waals surface area contributed by atoms with Crippen LogP contribution in [0, 0.1) is 0 Å². The zero-order valence-corrected chi connectivity index (χ0v) is 24.2. The van der Waals surface area contributed by atoms with Crippen LogP contribution in [0.3, 0.4) is 0 Å². The largest absolute Gasteiger partial charge is 0.497 e. The van der Waals surface area contributed by atoms with Gasteiger partial charge < -0.3 is 24.4 Å². The normalized spacial score (nSPS) is 13.5. The van der Waals surface area contributed by atoms with Gasteiger partial charge in [-0.05, 0) is 85.6 Å². The molecule has 3 heterocycles. The van der Waals surface area contributed by atoms with E-state index in [1.165, 1.54) is 5.56 Å². The van der Waals surface area contributed by atoms with Gasteiger partial charge in [-0.2, -0.15) is 0 Å². The van der Waals surface area contributed by atoms with Crippen molar-refractivity contribution in [1.82, 2.24) is 20.1 Å². The van der Waals surface area contributed by atoms with Gasteiger partial charge in [0.2, 0.25) is 0 Å². The first kappa shape index (κ1) is 28.8. The fraction of sp³-hybridized carbons (Fsp3) is 0.312. The number of carbonyl (C=O) groups excluding carboxylic acids is 1. The Labute approximate surface area is 246 Å². The van der Waals surface area contributed by atoms with E-state index in [1.54, 1.807) is 43.6 Å². The van der Waals surface area contributed by atoms with E-state index in [1.807, 2.05) is 32.2 Å². The lowest BCUT2D eigenvalue weighted by Gasteiger charge is -2.35. The highest BCUT2D eigenvalue weighted by molar-refractivity contribution is 6.02. The topological polar surface area (TPSA) is 102 Å². The van der Waals surface area contributed by atoms with Crippen molar-refractivity contribution in [1.29, 1.82) is 0 Å². The van der Waals surface area contributed by atoms with Crippen LogP contribution in [0.5, 0.6) is 17.2 Å². The second-order valence-corrected chi connectivity index (χ2v) is 9.86. The SMILES string of the molecule is CCOc1cncc(-c2cc(CN3CCN(c4ccc(C(=O)Nc5ccc(OC)cc5)nn4)CC3)cc(OCC)c2)c1. The lowest BCUT2D eigenvalue weighted by atomic mass is 10.0. The van der Waals surface area contributed by atoms with Crippen molar-refractivity contribution >= 4 is 17.4 Å². The molecule has 0 saturated carbocycles. The van der Waals surface area contributed by atoms with Crippen LogP contribution in [0.4, 0.5) is 11.5 Å². The molecule has 5 rings (SSSR count). The number of ether oxygens (including phenoxy) is 3. The molecule has 1 aliphatic heterocycles. The van der Waals surface area contributed by atoms with Gasteiger partial charge in [-0.3, -0.25) is 14.7 Å². The second kappa shape index (κ2) is 13.8. The van der Waals surface area contributed by atoms with E-state index in [-0.39, 0.29) is 11.6 Å². The molecule has 1 N–H and O–H groups in total. The van der Waals surface area contributed by atoms with Crippen molar-refractivity contribution in [2.45, 2.75) is 20.4 Å². The zero-order valence-electron chi connectivity index (χ0n) is 24.2. The number of nitrogens with zero attached hydrogens (tertiary/aromatic N) is 5. The number of nitrogens with one attached hydrogen (secondary N) is 1. The van der Waals surface area contributed by atoms with Crippen molar-refractivity contribution in [3.8, 4) is 28.4 Å². The summed E-state index contributed by atoms with van der Waals surface area (Å²) < 4.78 is 16.7. The van der Waals surface area contributed by atoms with Gasteiger partial charge in [-0.15, -0.1) is 10.2 Å². The third-order valence-electron chi connectivity index (χ3n) is 6.97. The van der Waals surface area contributed by atoms with Gasteiger partial charge in [0.25, 0.3) is 5.91 Å². The fourth-order valence-corrected chi connectivity index (χ4v) is 4.87. The summed E-state index contributed by atoms with van der Waals surface area (Å²) in [6.07, 6.45) is 3.58. The molecular formula is C32H36N6O4. The number of methoxy groups -OCH3 is 1. The minimum Gasteiger partial charge on any atom is -0.497 e. The monoisotopic (exact) mass is 568 g/mol. The molecule has 0 radical (unpaired) electrons. The Morgan fingerprint density at radius 2 is 1.55 bits per heavy atom. The third kappa shape index (κ3) is 7.32. The molecule has 1 saturated heterocycles. The van der Waals surface area contributed by atoms with Gasteiger partial charge in [0.05, 0.1) is 26.5 Å². The van der Waals surface area contributed by atoms with Crippen LogP contribution in [-0.4, -0.2) is 72.5 Å². The van der Waals surface area contributed by atoms with Crippen molar-refractivity contribution in [3.05, 3.63) is 84.3 Å². The summed E-state index contributed by atoms with van der Waals surface area (Å²) in [5.74, 6) is 2.78. The molecule has 1 fully saturated rings. The number of pyridine rings is 1. The number of carbonyl (C=O) groups is 1. The van der Waals surface area contributed by atoms with E-state index >= 15 is 0 Å². The zero-order chi connectivity index (χ0) is 29.3. The van der Waals surface area contributed by atoms with Crippen LogP contribution < -0.4 is 24.4 Å². The predicted octanol–water partition coefficient (Wildman–Crippen LogP) is 4.92. The number of amides is 1. The van der Waals surface area contributed by atoms with Gasteiger partial charge in [-0.1, -0.05) is 0 Å². The summed E-state index contributed by atoms with van der Waals surface area (Å²) in [4.78, 5) is 21.6. The molecule has 0 atom stereocenters. The van der Waals surface area contributed by atoms with Gasteiger partial charge in [0, 0.05) is 50.2 Å². The average molecular weight is 569 g/mol. The maximum absolute atomic E-state index is 12.6. The molecule has 42 heavy (non-hydrogen) atoms. The summed E-state index contributed by atoms with van der Waals surface area (Å²) in [5.41, 5.74) is 4.15. The maximum Gasteiger partial charge on any atom is 0.276 e. The van der Waals surface area contributed by atoms with E-state index < -0.39 is 0 Å². The van der Waals surface area contributed by atoms with Gasteiger partial charge in [0.15, 0.2) is 11.5 Å². The number of benzene rings is 2. The summed E-state index contributed by atoms with van der Waals surface area (Å²) in [5, 5.41) is 11.4. The van der Waals surface area contributed by atoms with Gasteiger partial charge in [0.1, 0.15) is 17.2 Å². The van der Waals surface area contributed by atoms with Crippen molar-refractivity contribution in [3.63, 3.8) is 0 Å². The van der Waals surface area contributed by atoms with Crippen LogP contribution in [0.25, 0.3) is 11.1 Å². The number of aromatic nitrogens is 3. The molecule has 1 aliphatic rings. The molecule has 2 aromatic heterocycles. The fourth-order valence-electron chi connectivity index (χ4n) is 4.87. The standard InChI is InChI=1S/C32H36N6O4/c1-4-41-28-17-23(16-24(18-28)25-19-29(42-5-2)21-33-20-25)22-37-12-14-38(15-13-37)31-11-10-30(35-36-31)32(39)34-26-6-8-27(40-3)9-7-26/h6-11,16-21H,4-5,12-15,22H2,1-3H3,(H,34,39). The molecule has 10 nitrogen and oxygen atoms in total. The molecule has 0 unspecified atom stereocenters. The molecule has 2 aromatic carbocycles. The lowest BCUT2D eigenvalue weighted by molar-refractivity contribution is 0.102. The van der Waals surface area contributed by atoms with Gasteiger partial charge >= 0.3 is 0 Å². The highest BCUT2D eigenvalue weighted by atomic mass is 16.5. The number of rotatable bonds is 11. The highest BCUT2D eigenvalue weighted by Crippen LogP contribution is 2.29. The Hall–Kier alpha value is -4.70. The first-order valence-corrected chi connectivity index (χ1v) is 14.2. The summed E-state index contributed by atoms with van der Waals surface area (Å²) >= 11 is 0.